The Morgan fingerprint density at radius 1 is 1.38 bits per heavy atom. The van der Waals surface area contributed by atoms with Crippen LogP contribution in [-0.4, -0.2) is 65.8 Å². The van der Waals surface area contributed by atoms with Gasteiger partial charge in [-0.1, -0.05) is 20.8 Å². The van der Waals surface area contributed by atoms with Crippen LogP contribution in [0.2, 0.25) is 0 Å². The zero-order valence-corrected chi connectivity index (χ0v) is 17.6. The van der Waals surface area contributed by atoms with Gasteiger partial charge in [-0.05, 0) is 50.7 Å². The molecule has 0 amide bonds. The first-order valence-corrected chi connectivity index (χ1v) is 10.1. The molecule has 0 aromatic carbocycles. The Balaban J connectivity index is 1.81. The topological polar surface area (TPSA) is 48.7 Å². The normalized spacial score (nSPS) is 17.1. The van der Waals surface area contributed by atoms with Crippen LogP contribution in [0.5, 0.6) is 0 Å². The Kier molecular flexibility index (Phi) is 7.94. The lowest BCUT2D eigenvalue weighted by Crippen LogP contribution is -2.40. The van der Waals surface area contributed by atoms with Crippen LogP contribution in [0.25, 0.3) is 0 Å². The summed E-state index contributed by atoms with van der Waals surface area (Å²) in [6.45, 7) is 12.2. The molecule has 0 radical (unpaired) electrons. The first-order valence-electron chi connectivity index (χ1n) is 10.1. The van der Waals surface area contributed by atoms with Crippen LogP contribution >= 0.6 is 0 Å². The summed E-state index contributed by atoms with van der Waals surface area (Å²) in [7, 11) is 5.96. The smallest absolute Gasteiger partial charge is 0.193 e. The van der Waals surface area contributed by atoms with Crippen LogP contribution in [0.1, 0.15) is 57.2 Å². The fraction of sp³-hybridized carbons (Fsp3) is 0.800. The maximum absolute atomic E-state index is 4.61. The largest absolute Gasteiger partial charge is 0.356 e. The van der Waals surface area contributed by atoms with Crippen LogP contribution in [0.3, 0.4) is 0 Å². The van der Waals surface area contributed by atoms with Crippen molar-refractivity contribution >= 4 is 5.96 Å². The number of aryl methyl sites for hydroxylation is 1. The molecule has 2 heterocycles. The summed E-state index contributed by atoms with van der Waals surface area (Å²) in [5, 5.41) is 8.16. The first-order chi connectivity index (χ1) is 12.4. The van der Waals surface area contributed by atoms with Crippen molar-refractivity contribution < 1.29 is 0 Å². The van der Waals surface area contributed by atoms with Gasteiger partial charge >= 0.3 is 0 Å². The van der Waals surface area contributed by atoms with Gasteiger partial charge in [0.2, 0.25) is 0 Å². The maximum Gasteiger partial charge on any atom is 0.193 e. The summed E-state index contributed by atoms with van der Waals surface area (Å²) in [4.78, 5) is 9.22. The molecule has 0 unspecified atom stereocenters. The van der Waals surface area contributed by atoms with Gasteiger partial charge in [-0.15, -0.1) is 0 Å². The van der Waals surface area contributed by atoms with E-state index in [1.165, 1.54) is 50.2 Å². The summed E-state index contributed by atoms with van der Waals surface area (Å²) in [5.41, 5.74) is 2.46. The molecule has 2 rings (SSSR count). The van der Waals surface area contributed by atoms with Gasteiger partial charge in [-0.25, -0.2) is 0 Å². The van der Waals surface area contributed by atoms with Crippen LogP contribution in [-0.2, 0) is 13.6 Å². The Hall–Kier alpha value is -1.56. The van der Waals surface area contributed by atoms with Crippen LogP contribution < -0.4 is 5.32 Å². The van der Waals surface area contributed by atoms with E-state index in [1.54, 1.807) is 0 Å². The third-order valence-corrected chi connectivity index (χ3v) is 5.45. The van der Waals surface area contributed by atoms with E-state index in [0.29, 0.717) is 5.92 Å². The molecule has 0 aliphatic carbocycles. The van der Waals surface area contributed by atoms with E-state index in [-0.39, 0.29) is 0 Å². The van der Waals surface area contributed by atoms with Gasteiger partial charge in [-0.2, -0.15) is 5.10 Å². The van der Waals surface area contributed by atoms with Gasteiger partial charge in [0.05, 0.1) is 5.69 Å². The molecular formula is C20H38N6. The third kappa shape index (κ3) is 5.73. The average Bonchev–Trinajstić information content (AvgIpc) is 2.99. The number of rotatable bonds is 7. The van der Waals surface area contributed by atoms with Crippen molar-refractivity contribution in [1.82, 2.24) is 24.9 Å². The number of likely N-dealkylation sites (tertiary alicyclic amines) is 1. The van der Waals surface area contributed by atoms with Gasteiger partial charge in [0.25, 0.3) is 0 Å². The van der Waals surface area contributed by atoms with Crippen molar-refractivity contribution in [2.24, 2.45) is 18.0 Å². The Bertz CT molecular complexity index is 569. The summed E-state index contributed by atoms with van der Waals surface area (Å²) in [5.74, 6) is 2.25. The number of hydrogen-bond acceptors (Lipinski definition) is 3. The molecule has 0 spiro atoms. The molecule has 0 saturated carbocycles. The lowest BCUT2D eigenvalue weighted by Gasteiger charge is -2.31. The Labute approximate surface area is 159 Å². The molecule has 1 aliphatic rings. The number of nitrogens with one attached hydrogen (secondary N) is 1. The molecule has 26 heavy (non-hydrogen) atoms. The Morgan fingerprint density at radius 2 is 2.08 bits per heavy atom. The van der Waals surface area contributed by atoms with Crippen molar-refractivity contribution in [2.45, 2.75) is 52.5 Å². The number of piperidine rings is 1. The van der Waals surface area contributed by atoms with Crippen molar-refractivity contribution in [2.75, 3.05) is 40.3 Å². The average molecular weight is 363 g/mol. The SMILES string of the molecule is CCN1CCC(CCNC(=NC)N(C)Cc2cn(C)nc2C(C)C)CC1. The maximum atomic E-state index is 4.61. The highest BCUT2D eigenvalue weighted by atomic mass is 15.3. The van der Waals surface area contributed by atoms with Crippen LogP contribution in [0.4, 0.5) is 0 Å². The number of guanidine groups is 1. The zero-order chi connectivity index (χ0) is 19.1. The van der Waals surface area contributed by atoms with Gasteiger partial charge < -0.3 is 15.1 Å². The lowest BCUT2D eigenvalue weighted by atomic mass is 9.93. The number of aromatic nitrogens is 2. The minimum absolute atomic E-state index is 0.434. The standard InChI is InChI=1S/C20H38N6/c1-7-26-12-9-17(10-13-26)8-11-22-20(21-4)24(5)14-18-15-25(6)23-19(18)16(2)3/h15-17H,7-14H2,1-6H3,(H,21,22). The fourth-order valence-corrected chi connectivity index (χ4v) is 3.86. The molecule has 1 saturated heterocycles. The molecule has 148 valence electrons. The summed E-state index contributed by atoms with van der Waals surface area (Å²) in [6, 6.07) is 0. The predicted molar refractivity (Wildman–Crippen MR) is 110 cm³/mol. The predicted octanol–water partition coefficient (Wildman–Crippen LogP) is 2.67. The second kappa shape index (κ2) is 9.95. The second-order valence-corrected chi connectivity index (χ2v) is 7.86. The van der Waals surface area contributed by atoms with E-state index in [9.17, 15) is 0 Å². The minimum atomic E-state index is 0.434. The van der Waals surface area contributed by atoms with Gasteiger partial charge in [-0.3, -0.25) is 9.67 Å². The lowest BCUT2D eigenvalue weighted by molar-refractivity contribution is 0.187. The molecule has 1 aromatic heterocycles. The highest BCUT2D eigenvalue weighted by Crippen LogP contribution is 2.20. The van der Waals surface area contributed by atoms with E-state index in [2.05, 4.69) is 59.2 Å². The molecular weight excluding hydrogens is 324 g/mol. The van der Waals surface area contributed by atoms with E-state index >= 15 is 0 Å². The molecule has 1 aromatic rings. The molecule has 1 fully saturated rings. The Morgan fingerprint density at radius 3 is 2.65 bits per heavy atom. The summed E-state index contributed by atoms with van der Waals surface area (Å²) >= 11 is 0. The number of aliphatic imine (C=N–C) groups is 1. The van der Waals surface area contributed by atoms with Crippen LogP contribution in [0.15, 0.2) is 11.2 Å². The molecule has 6 nitrogen and oxygen atoms in total. The first kappa shape index (κ1) is 20.7. The molecule has 0 atom stereocenters. The second-order valence-electron chi connectivity index (χ2n) is 7.86. The summed E-state index contributed by atoms with van der Waals surface area (Å²) in [6.07, 6.45) is 6.02. The molecule has 0 bridgehead atoms. The van der Waals surface area contributed by atoms with E-state index in [0.717, 1.165) is 25.0 Å². The van der Waals surface area contributed by atoms with Crippen molar-refractivity contribution in [3.05, 3.63) is 17.5 Å². The zero-order valence-electron chi connectivity index (χ0n) is 17.6. The van der Waals surface area contributed by atoms with Crippen molar-refractivity contribution in [1.29, 1.82) is 0 Å². The minimum Gasteiger partial charge on any atom is -0.356 e. The number of hydrogen-bond donors (Lipinski definition) is 1. The van der Waals surface area contributed by atoms with Crippen molar-refractivity contribution in [3.63, 3.8) is 0 Å². The van der Waals surface area contributed by atoms with E-state index in [1.807, 2.05) is 18.8 Å². The van der Waals surface area contributed by atoms with E-state index < -0.39 is 0 Å². The monoisotopic (exact) mass is 362 g/mol. The molecule has 6 heteroatoms. The number of nitrogens with zero attached hydrogens (tertiary/aromatic N) is 5. The van der Waals surface area contributed by atoms with E-state index in [4.69, 9.17) is 0 Å². The molecule has 1 N–H and O–H groups in total. The third-order valence-electron chi connectivity index (χ3n) is 5.45. The van der Waals surface area contributed by atoms with Gasteiger partial charge in [0.1, 0.15) is 0 Å². The highest BCUT2D eigenvalue weighted by Gasteiger charge is 2.18. The summed E-state index contributed by atoms with van der Waals surface area (Å²) < 4.78 is 1.91. The highest BCUT2D eigenvalue weighted by molar-refractivity contribution is 5.79. The van der Waals surface area contributed by atoms with Crippen LogP contribution in [0, 0.1) is 5.92 Å². The van der Waals surface area contributed by atoms with Crippen molar-refractivity contribution in [3.8, 4) is 0 Å². The van der Waals surface area contributed by atoms with Gasteiger partial charge in [0.15, 0.2) is 5.96 Å². The van der Waals surface area contributed by atoms with Gasteiger partial charge in [0, 0.05) is 46.0 Å². The fourth-order valence-electron chi connectivity index (χ4n) is 3.86. The quantitative estimate of drug-likeness (QED) is 0.598. The molecule has 1 aliphatic heterocycles.